The number of quaternary nitrogens is 1. The van der Waals surface area contributed by atoms with Gasteiger partial charge in [-0.3, -0.25) is 0 Å². The molecule has 0 aromatic heterocycles. The standard InChI is InChI=1S/C10H20NO2.ClH.Mg/c1-4-6-7-8-9-11(12,13)10(3)5-2;;/h5,10H,2,4,6-9H2,1,3H3;1H;/q-1;;+2/p-1. The van der Waals surface area contributed by atoms with Crippen LogP contribution in [-0.4, -0.2) is 40.4 Å². The molecule has 0 heterocycles. The van der Waals surface area contributed by atoms with E-state index in [0.717, 1.165) is 25.7 Å². The third kappa shape index (κ3) is 9.60. The van der Waals surface area contributed by atoms with Gasteiger partial charge in [-0.1, -0.05) is 26.3 Å². The monoisotopic (exact) mass is 245 g/mol. The van der Waals surface area contributed by atoms with E-state index in [1.165, 1.54) is 6.08 Å². The minimum Gasteiger partial charge on any atom is -1.00 e. The van der Waals surface area contributed by atoms with Gasteiger partial charge in [0.1, 0.15) is 6.04 Å². The van der Waals surface area contributed by atoms with Gasteiger partial charge in [-0.25, -0.2) is 0 Å². The van der Waals surface area contributed by atoms with Crippen LogP contribution < -0.4 is 12.4 Å². The second-order valence-corrected chi connectivity index (χ2v) is 3.49. The summed E-state index contributed by atoms with van der Waals surface area (Å²) in [5.74, 6) is 0. The van der Waals surface area contributed by atoms with E-state index >= 15 is 0 Å². The number of rotatable bonds is 7. The van der Waals surface area contributed by atoms with E-state index in [-0.39, 0.29) is 42.0 Å². The maximum atomic E-state index is 11.3. The predicted octanol–water partition coefficient (Wildman–Crippen LogP) is -0.423. The smallest absolute Gasteiger partial charge is 1.00 e. The summed E-state index contributed by atoms with van der Waals surface area (Å²) in [6.45, 7) is 7.33. The molecule has 0 bridgehead atoms. The second-order valence-electron chi connectivity index (χ2n) is 3.49. The first kappa shape index (κ1) is 21.0. The molecule has 15 heavy (non-hydrogen) atoms. The molecule has 3 nitrogen and oxygen atoms in total. The molecule has 0 N–H and O–H groups in total. The maximum absolute atomic E-state index is 11.3. The third-order valence-electron chi connectivity index (χ3n) is 2.28. The molecule has 0 aromatic rings. The molecule has 0 aliphatic carbocycles. The van der Waals surface area contributed by atoms with Gasteiger partial charge in [-0.15, -0.1) is 0 Å². The van der Waals surface area contributed by atoms with Gasteiger partial charge in [-0.2, -0.15) is 0 Å². The first-order chi connectivity index (χ1) is 6.04. The fourth-order valence-corrected chi connectivity index (χ4v) is 1.12. The summed E-state index contributed by atoms with van der Waals surface area (Å²) in [5.41, 5.74) is 0. The fourth-order valence-electron chi connectivity index (χ4n) is 1.12. The van der Waals surface area contributed by atoms with E-state index < -0.39 is 10.9 Å². The molecule has 1 unspecified atom stereocenters. The first-order valence-electron chi connectivity index (χ1n) is 4.97. The van der Waals surface area contributed by atoms with Crippen LogP contribution in [0, 0.1) is 10.4 Å². The minimum absolute atomic E-state index is 0. The van der Waals surface area contributed by atoms with Gasteiger partial charge in [0, 0.05) is 0 Å². The van der Waals surface area contributed by atoms with Crippen molar-refractivity contribution in [3.05, 3.63) is 23.1 Å². The predicted molar refractivity (Wildman–Crippen MR) is 61.4 cm³/mol. The second kappa shape index (κ2) is 11.2. The van der Waals surface area contributed by atoms with Crippen molar-refractivity contribution in [3.8, 4) is 0 Å². The Bertz CT molecular complexity index is 156. The molecule has 5 heteroatoms. The van der Waals surface area contributed by atoms with Crippen molar-refractivity contribution in [2.75, 3.05) is 6.54 Å². The van der Waals surface area contributed by atoms with Crippen molar-refractivity contribution >= 4 is 23.1 Å². The van der Waals surface area contributed by atoms with Crippen LogP contribution in [0.4, 0.5) is 0 Å². The zero-order valence-electron chi connectivity index (χ0n) is 9.75. The van der Waals surface area contributed by atoms with E-state index in [1.54, 1.807) is 6.92 Å². The van der Waals surface area contributed by atoms with Gasteiger partial charge in [0.05, 0.1) is 6.54 Å². The molecule has 0 spiro atoms. The van der Waals surface area contributed by atoms with Crippen LogP contribution in [-0.2, 0) is 0 Å². The molecule has 86 valence electrons. The quantitative estimate of drug-likeness (QED) is 0.201. The molecule has 0 saturated carbocycles. The third-order valence-corrected chi connectivity index (χ3v) is 2.28. The summed E-state index contributed by atoms with van der Waals surface area (Å²) in [6, 6.07) is -0.540. The average Bonchev–Trinajstić information content (AvgIpc) is 2.11. The zero-order valence-corrected chi connectivity index (χ0v) is 11.9. The van der Waals surface area contributed by atoms with Crippen molar-refractivity contribution < 1.29 is 17.2 Å². The van der Waals surface area contributed by atoms with Crippen molar-refractivity contribution in [2.24, 2.45) is 0 Å². The SMILES string of the molecule is C=CC(C)[N+]([O-])([O-])CCCCCC.[Cl-].[Mg+2]. The van der Waals surface area contributed by atoms with Gasteiger partial charge < -0.3 is 27.6 Å². The number of hydrogen-bond donors (Lipinski definition) is 0. The van der Waals surface area contributed by atoms with E-state index in [1.807, 2.05) is 0 Å². The minimum atomic E-state index is -1.42. The molecule has 1 atom stereocenters. The molecule has 0 aliphatic heterocycles. The Balaban J connectivity index is -0.000000720. The topological polar surface area (TPSA) is 46.1 Å². The summed E-state index contributed by atoms with van der Waals surface area (Å²) >= 11 is 0. The number of unbranched alkanes of at least 4 members (excludes halogenated alkanes) is 3. The Morgan fingerprint density at radius 3 is 2.20 bits per heavy atom. The Morgan fingerprint density at radius 1 is 1.27 bits per heavy atom. The van der Waals surface area contributed by atoms with Crippen LogP contribution in [0.25, 0.3) is 0 Å². The number of hydroxylamine groups is 4. The Kier molecular flexibility index (Phi) is 15.6. The molecule has 0 saturated heterocycles. The van der Waals surface area contributed by atoms with E-state index in [2.05, 4.69) is 13.5 Å². The summed E-state index contributed by atoms with van der Waals surface area (Å²) in [4.78, 5) is -1.42. The zero-order chi connectivity index (χ0) is 10.3. The van der Waals surface area contributed by atoms with E-state index in [9.17, 15) is 10.4 Å². The van der Waals surface area contributed by atoms with Crippen molar-refractivity contribution in [1.82, 2.24) is 0 Å². The van der Waals surface area contributed by atoms with Gasteiger partial charge in [0.2, 0.25) is 0 Å². The van der Waals surface area contributed by atoms with Gasteiger partial charge in [0.25, 0.3) is 0 Å². The molecular formula is C10H20ClMgNO2. The van der Waals surface area contributed by atoms with Crippen LogP contribution in [0.5, 0.6) is 0 Å². The fraction of sp³-hybridized carbons (Fsp3) is 0.800. The number of hydrogen-bond acceptors (Lipinski definition) is 2. The first-order valence-corrected chi connectivity index (χ1v) is 4.97. The normalized spacial score (nSPS) is 12.3. The van der Waals surface area contributed by atoms with E-state index in [4.69, 9.17) is 0 Å². The molecule has 0 aliphatic rings. The summed E-state index contributed by atoms with van der Waals surface area (Å²) in [7, 11) is 0. The van der Waals surface area contributed by atoms with Crippen LogP contribution >= 0.6 is 0 Å². The summed E-state index contributed by atoms with van der Waals surface area (Å²) in [6.07, 6.45) is 5.35. The molecule has 0 aromatic carbocycles. The number of halogens is 1. The maximum Gasteiger partial charge on any atom is 2.00 e. The van der Waals surface area contributed by atoms with Crippen LogP contribution in [0.2, 0.25) is 0 Å². The Hall–Kier alpha value is 0.676. The molecule has 0 radical (unpaired) electrons. The summed E-state index contributed by atoms with van der Waals surface area (Å²) < 4.78 is 0. The Morgan fingerprint density at radius 2 is 1.80 bits per heavy atom. The van der Waals surface area contributed by atoms with Crippen LogP contribution in [0.3, 0.4) is 0 Å². The number of nitrogens with zero attached hydrogens (tertiary/aromatic N) is 1. The molecule has 0 fully saturated rings. The van der Waals surface area contributed by atoms with Gasteiger partial charge >= 0.3 is 23.1 Å². The van der Waals surface area contributed by atoms with Crippen molar-refractivity contribution in [2.45, 2.75) is 45.6 Å². The van der Waals surface area contributed by atoms with Gasteiger partial charge in [0.15, 0.2) is 0 Å². The largest absolute Gasteiger partial charge is 2.00 e. The van der Waals surface area contributed by atoms with Crippen molar-refractivity contribution in [1.29, 1.82) is 0 Å². The molecule has 0 rings (SSSR count). The average molecular weight is 246 g/mol. The molecule has 0 amide bonds. The van der Waals surface area contributed by atoms with E-state index in [0.29, 0.717) is 0 Å². The van der Waals surface area contributed by atoms with Crippen molar-refractivity contribution in [3.63, 3.8) is 0 Å². The molecular weight excluding hydrogens is 226 g/mol. The van der Waals surface area contributed by atoms with Crippen LogP contribution in [0.1, 0.15) is 39.5 Å². The van der Waals surface area contributed by atoms with Crippen LogP contribution in [0.15, 0.2) is 12.7 Å². The Labute approximate surface area is 115 Å². The summed E-state index contributed by atoms with van der Waals surface area (Å²) in [5, 5.41) is 22.6. The van der Waals surface area contributed by atoms with Gasteiger partial charge in [-0.05, 0) is 25.8 Å².